The van der Waals surface area contributed by atoms with Crippen molar-refractivity contribution in [3.05, 3.63) is 72.1 Å². The summed E-state index contributed by atoms with van der Waals surface area (Å²) in [6, 6.07) is 14.0. The first-order valence-electron chi connectivity index (χ1n) is 9.36. The van der Waals surface area contributed by atoms with Gasteiger partial charge in [0.25, 0.3) is 5.91 Å². The number of anilines is 1. The first-order valence-corrected chi connectivity index (χ1v) is 9.36. The Labute approximate surface area is 180 Å². The van der Waals surface area contributed by atoms with Crippen molar-refractivity contribution < 1.29 is 27.4 Å². The fourth-order valence-electron chi connectivity index (χ4n) is 3.19. The lowest BCUT2D eigenvalue weighted by atomic mass is 10.1. The standard InChI is InChI=1S/C22H17F3N4O3/c1-31-17-9-8-14(10-18(17)32-2)27-21(30)15-12-26-29-19(22(23,24)25)11-16(28-20(15)29)13-6-4-3-5-7-13/h3-12H,1-2H3,(H,27,30). The summed E-state index contributed by atoms with van der Waals surface area (Å²) in [5.41, 5.74) is -0.437. The van der Waals surface area contributed by atoms with Gasteiger partial charge in [0.15, 0.2) is 22.8 Å². The number of ether oxygens (including phenoxy) is 2. The van der Waals surface area contributed by atoms with Crippen molar-refractivity contribution in [1.29, 1.82) is 0 Å². The number of nitrogens with one attached hydrogen (secondary N) is 1. The molecule has 0 aliphatic carbocycles. The highest BCUT2D eigenvalue weighted by molar-refractivity contribution is 6.08. The van der Waals surface area contributed by atoms with E-state index < -0.39 is 17.8 Å². The van der Waals surface area contributed by atoms with Gasteiger partial charge in [-0.25, -0.2) is 9.50 Å². The summed E-state index contributed by atoms with van der Waals surface area (Å²) in [5, 5.41) is 6.40. The predicted molar refractivity (Wildman–Crippen MR) is 111 cm³/mol. The molecular weight excluding hydrogens is 425 g/mol. The molecule has 0 aliphatic heterocycles. The van der Waals surface area contributed by atoms with Gasteiger partial charge in [0.2, 0.25) is 0 Å². The summed E-state index contributed by atoms with van der Waals surface area (Å²) in [7, 11) is 2.92. The second kappa shape index (κ2) is 8.22. The summed E-state index contributed by atoms with van der Waals surface area (Å²) >= 11 is 0. The van der Waals surface area contributed by atoms with E-state index in [-0.39, 0.29) is 16.9 Å². The molecule has 0 unspecified atom stereocenters. The first-order chi connectivity index (χ1) is 15.3. The lowest BCUT2D eigenvalue weighted by Crippen LogP contribution is -2.16. The topological polar surface area (TPSA) is 77.8 Å². The zero-order valence-electron chi connectivity index (χ0n) is 17.0. The molecule has 0 saturated heterocycles. The molecule has 0 aliphatic rings. The van der Waals surface area contributed by atoms with Gasteiger partial charge in [-0.1, -0.05) is 30.3 Å². The molecule has 0 atom stereocenters. The average molecular weight is 442 g/mol. The predicted octanol–water partition coefficient (Wildman–Crippen LogP) is 4.68. The van der Waals surface area contributed by atoms with Crippen LogP contribution in [0.2, 0.25) is 0 Å². The van der Waals surface area contributed by atoms with Gasteiger partial charge in [-0.05, 0) is 18.2 Å². The first kappa shape index (κ1) is 21.2. The average Bonchev–Trinajstić information content (AvgIpc) is 3.22. The van der Waals surface area contributed by atoms with Gasteiger partial charge in [-0.2, -0.15) is 18.3 Å². The fourth-order valence-corrected chi connectivity index (χ4v) is 3.19. The van der Waals surface area contributed by atoms with Crippen LogP contribution in [0.5, 0.6) is 11.5 Å². The van der Waals surface area contributed by atoms with Crippen LogP contribution in [0.1, 0.15) is 16.1 Å². The van der Waals surface area contributed by atoms with Crippen molar-refractivity contribution in [3.8, 4) is 22.8 Å². The van der Waals surface area contributed by atoms with E-state index in [1.54, 1.807) is 42.5 Å². The third-order valence-electron chi connectivity index (χ3n) is 4.72. The number of alkyl halides is 3. The van der Waals surface area contributed by atoms with Crippen LogP contribution < -0.4 is 14.8 Å². The van der Waals surface area contributed by atoms with E-state index in [2.05, 4.69) is 15.4 Å². The van der Waals surface area contributed by atoms with Crippen molar-refractivity contribution in [2.45, 2.75) is 6.18 Å². The minimum Gasteiger partial charge on any atom is -0.493 e. The molecule has 0 fully saturated rings. The quantitative estimate of drug-likeness (QED) is 0.486. The third kappa shape index (κ3) is 3.94. The number of hydrogen-bond donors (Lipinski definition) is 1. The Hall–Kier alpha value is -4.08. The molecule has 0 bridgehead atoms. The van der Waals surface area contributed by atoms with Crippen LogP contribution in [0.15, 0.2) is 60.8 Å². The summed E-state index contributed by atoms with van der Waals surface area (Å²) in [5.74, 6) is 0.178. The Kier molecular flexibility index (Phi) is 5.43. The molecule has 164 valence electrons. The number of amides is 1. The largest absolute Gasteiger partial charge is 0.493 e. The smallest absolute Gasteiger partial charge is 0.433 e. The summed E-state index contributed by atoms with van der Waals surface area (Å²) in [6.07, 6.45) is -3.64. The minimum atomic E-state index is -4.70. The highest BCUT2D eigenvalue weighted by Crippen LogP contribution is 2.33. The van der Waals surface area contributed by atoms with E-state index in [4.69, 9.17) is 9.47 Å². The minimum absolute atomic E-state index is 0.0751. The van der Waals surface area contributed by atoms with E-state index >= 15 is 0 Å². The molecule has 2 aromatic heterocycles. The van der Waals surface area contributed by atoms with Crippen LogP contribution in [-0.2, 0) is 6.18 Å². The van der Waals surface area contributed by atoms with E-state index in [1.165, 1.54) is 20.3 Å². The summed E-state index contributed by atoms with van der Waals surface area (Å²) in [6.45, 7) is 0. The highest BCUT2D eigenvalue weighted by Gasteiger charge is 2.36. The van der Waals surface area contributed by atoms with Crippen LogP contribution in [0.4, 0.5) is 18.9 Å². The molecule has 32 heavy (non-hydrogen) atoms. The molecule has 1 amide bonds. The van der Waals surface area contributed by atoms with Gasteiger partial charge < -0.3 is 14.8 Å². The number of halogens is 3. The van der Waals surface area contributed by atoms with Crippen LogP contribution in [0.3, 0.4) is 0 Å². The monoisotopic (exact) mass is 442 g/mol. The van der Waals surface area contributed by atoms with Crippen LogP contribution >= 0.6 is 0 Å². The third-order valence-corrected chi connectivity index (χ3v) is 4.72. The van der Waals surface area contributed by atoms with Crippen molar-refractivity contribution in [2.75, 3.05) is 19.5 Å². The maximum atomic E-state index is 13.7. The number of hydrogen-bond acceptors (Lipinski definition) is 5. The van der Waals surface area contributed by atoms with Crippen LogP contribution in [0, 0.1) is 0 Å². The number of nitrogens with zero attached hydrogens (tertiary/aromatic N) is 3. The maximum absolute atomic E-state index is 13.7. The highest BCUT2D eigenvalue weighted by atomic mass is 19.4. The number of methoxy groups -OCH3 is 2. The molecular formula is C22H17F3N4O3. The molecule has 0 spiro atoms. The molecule has 0 saturated carbocycles. The Bertz CT molecular complexity index is 1290. The number of aromatic nitrogens is 3. The fraction of sp³-hybridized carbons (Fsp3) is 0.136. The molecule has 7 nitrogen and oxygen atoms in total. The summed E-state index contributed by atoms with van der Waals surface area (Å²) in [4.78, 5) is 17.2. The van der Waals surface area contributed by atoms with Crippen molar-refractivity contribution >= 4 is 17.2 Å². The van der Waals surface area contributed by atoms with Gasteiger partial charge in [0.05, 0.1) is 26.1 Å². The number of benzene rings is 2. The number of carbonyl (C=O) groups excluding carboxylic acids is 1. The molecule has 1 N–H and O–H groups in total. The van der Waals surface area contributed by atoms with Gasteiger partial charge in [-0.15, -0.1) is 0 Å². The van der Waals surface area contributed by atoms with E-state index in [9.17, 15) is 18.0 Å². The van der Waals surface area contributed by atoms with Gasteiger partial charge in [0, 0.05) is 17.3 Å². The lowest BCUT2D eigenvalue weighted by Gasteiger charge is -2.12. The van der Waals surface area contributed by atoms with Crippen LogP contribution in [-0.4, -0.2) is 34.7 Å². The molecule has 2 heterocycles. The number of fused-ring (bicyclic) bond motifs is 1. The lowest BCUT2D eigenvalue weighted by molar-refractivity contribution is -0.142. The zero-order chi connectivity index (χ0) is 22.9. The molecule has 0 radical (unpaired) electrons. The molecule has 10 heteroatoms. The molecule has 2 aromatic carbocycles. The van der Waals surface area contributed by atoms with Crippen LogP contribution in [0.25, 0.3) is 16.9 Å². The second-order valence-electron chi connectivity index (χ2n) is 6.71. The van der Waals surface area contributed by atoms with Gasteiger partial charge >= 0.3 is 6.18 Å². The Morgan fingerprint density at radius 1 is 1.00 bits per heavy atom. The number of rotatable bonds is 5. The van der Waals surface area contributed by atoms with E-state index in [0.29, 0.717) is 27.3 Å². The second-order valence-corrected chi connectivity index (χ2v) is 6.71. The SMILES string of the molecule is COc1ccc(NC(=O)c2cnn3c(C(F)(F)F)cc(-c4ccccc4)nc23)cc1OC. The number of carbonyl (C=O) groups is 1. The Morgan fingerprint density at radius 3 is 2.38 bits per heavy atom. The Balaban J connectivity index is 1.79. The molecule has 4 rings (SSSR count). The maximum Gasteiger partial charge on any atom is 0.433 e. The normalized spacial score (nSPS) is 11.4. The van der Waals surface area contributed by atoms with Crippen molar-refractivity contribution in [3.63, 3.8) is 0 Å². The molecule has 4 aromatic rings. The van der Waals surface area contributed by atoms with Gasteiger partial charge in [-0.3, -0.25) is 4.79 Å². The summed E-state index contributed by atoms with van der Waals surface area (Å²) < 4.78 is 52.1. The Morgan fingerprint density at radius 2 is 1.72 bits per heavy atom. The van der Waals surface area contributed by atoms with Gasteiger partial charge in [0.1, 0.15) is 5.56 Å². The van der Waals surface area contributed by atoms with E-state index in [1.807, 2.05) is 0 Å². The van der Waals surface area contributed by atoms with Crippen molar-refractivity contribution in [1.82, 2.24) is 14.6 Å². The van der Waals surface area contributed by atoms with E-state index in [0.717, 1.165) is 12.3 Å². The zero-order valence-corrected chi connectivity index (χ0v) is 17.0. The van der Waals surface area contributed by atoms with Crippen molar-refractivity contribution in [2.24, 2.45) is 0 Å².